The monoisotopic (exact) mass is 184 g/mol. The number of hydrogen-bond acceptors (Lipinski definition) is 3. The summed E-state index contributed by atoms with van der Waals surface area (Å²) in [5.74, 6) is -0.0718. The Morgan fingerprint density at radius 3 is 3.08 bits per heavy atom. The van der Waals surface area contributed by atoms with Crippen LogP contribution in [0.4, 0.5) is 10.2 Å². The molecule has 1 aromatic rings. The fourth-order valence-corrected chi connectivity index (χ4v) is 1.02. The van der Waals surface area contributed by atoms with E-state index in [1.54, 1.807) is 19.4 Å². The summed E-state index contributed by atoms with van der Waals surface area (Å²) in [6.07, 6.45) is 1.55. The van der Waals surface area contributed by atoms with Crippen molar-refractivity contribution in [1.29, 1.82) is 0 Å². The summed E-state index contributed by atoms with van der Waals surface area (Å²) in [6.45, 7) is 2.42. The van der Waals surface area contributed by atoms with Gasteiger partial charge in [0, 0.05) is 19.3 Å². The fraction of sp³-hybridized carbons (Fsp3) is 0.444. The Bertz CT molecular complexity index is 268. The third-order valence-electron chi connectivity index (χ3n) is 1.56. The van der Waals surface area contributed by atoms with Gasteiger partial charge in [0.2, 0.25) is 0 Å². The number of pyridine rings is 1. The van der Waals surface area contributed by atoms with Crippen LogP contribution in [0.2, 0.25) is 0 Å². The summed E-state index contributed by atoms with van der Waals surface area (Å²) < 4.78 is 17.9. The minimum absolute atomic E-state index is 0.0504. The van der Waals surface area contributed by atoms with Crippen molar-refractivity contribution in [3.8, 4) is 0 Å². The van der Waals surface area contributed by atoms with Gasteiger partial charge in [-0.3, -0.25) is 0 Å². The van der Waals surface area contributed by atoms with Gasteiger partial charge in [-0.05, 0) is 19.1 Å². The van der Waals surface area contributed by atoms with Crippen LogP contribution in [0.1, 0.15) is 6.92 Å². The molecule has 0 radical (unpaired) electrons. The molecule has 0 saturated heterocycles. The number of nitrogens with one attached hydrogen (secondary N) is 1. The van der Waals surface area contributed by atoms with Crippen LogP contribution in [0, 0.1) is 5.82 Å². The quantitative estimate of drug-likeness (QED) is 0.772. The molecule has 0 bridgehead atoms. The van der Waals surface area contributed by atoms with E-state index in [1.165, 1.54) is 6.07 Å². The number of hydrogen-bond donors (Lipinski definition) is 1. The van der Waals surface area contributed by atoms with Crippen LogP contribution < -0.4 is 5.32 Å². The molecule has 72 valence electrons. The predicted molar refractivity (Wildman–Crippen MR) is 49.2 cm³/mol. The molecule has 1 heterocycles. The molecule has 0 fully saturated rings. The van der Waals surface area contributed by atoms with Gasteiger partial charge >= 0.3 is 0 Å². The van der Waals surface area contributed by atoms with E-state index in [1.807, 2.05) is 6.92 Å². The lowest BCUT2D eigenvalue weighted by Crippen LogP contribution is -2.22. The first-order chi connectivity index (χ1) is 6.24. The molecule has 1 unspecified atom stereocenters. The second-order valence-electron chi connectivity index (χ2n) is 2.83. The topological polar surface area (TPSA) is 34.1 Å². The SMILES string of the molecule is COCC(C)Nc1ncccc1F. The zero-order valence-electron chi connectivity index (χ0n) is 7.75. The first kappa shape index (κ1) is 9.92. The number of halogens is 1. The maximum absolute atomic E-state index is 13.0. The van der Waals surface area contributed by atoms with Gasteiger partial charge in [0.1, 0.15) is 0 Å². The van der Waals surface area contributed by atoms with Gasteiger partial charge in [-0.15, -0.1) is 0 Å². The predicted octanol–water partition coefficient (Wildman–Crippen LogP) is 1.67. The minimum atomic E-state index is -0.342. The minimum Gasteiger partial charge on any atom is -0.383 e. The molecule has 0 spiro atoms. The van der Waals surface area contributed by atoms with Crippen LogP contribution in [0.5, 0.6) is 0 Å². The molecule has 3 nitrogen and oxygen atoms in total. The third kappa shape index (κ3) is 2.99. The summed E-state index contributed by atoms with van der Waals surface area (Å²) in [5, 5.41) is 2.90. The molecule has 0 aliphatic heterocycles. The largest absolute Gasteiger partial charge is 0.383 e. The van der Waals surface area contributed by atoms with Crippen LogP contribution in [0.25, 0.3) is 0 Å². The molecule has 0 aromatic carbocycles. The van der Waals surface area contributed by atoms with E-state index in [0.717, 1.165) is 0 Å². The van der Waals surface area contributed by atoms with E-state index in [-0.39, 0.29) is 17.7 Å². The van der Waals surface area contributed by atoms with Gasteiger partial charge in [0.05, 0.1) is 6.61 Å². The number of anilines is 1. The second-order valence-corrected chi connectivity index (χ2v) is 2.83. The molecule has 0 amide bonds. The summed E-state index contributed by atoms with van der Waals surface area (Å²) in [5.41, 5.74) is 0. The number of aromatic nitrogens is 1. The number of rotatable bonds is 4. The van der Waals surface area contributed by atoms with E-state index in [4.69, 9.17) is 4.74 Å². The summed E-state index contributed by atoms with van der Waals surface area (Å²) in [7, 11) is 1.60. The zero-order chi connectivity index (χ0) is 9.68. The normalized spacial score (nSPS) is 12.5. The maximum Gasteiger partial charge on any atom is 0.165 e. The Balaban J connectivity index is 2.58. The van der Waals surface area contributed by atoms with Gasteiger partial charge < -0.3 is 10.1 Å². The highest BCUT2D eigenvalue weighted by atomic mass is 19.1. The van der Waals surface area contributed by atoms with E-state index >= 15 is 0 Å². The second kappa shape index (κ2) is 4.77. The number of ether oxygens (including phenoxy) is 1. The Morgan fingerprint density at radius 2 is 2.46 bits per heavy atom. The Kier molecular flexibility index (Phi) is 3.64. The molecule has 1 N–H and O–H groups in total. The molecule has 4 heteroatoms. The average molecular weight is 184 g/mol. The van der Waals surface area contributed by atoms with Crippen molar-refractivity contribution in [3.63, 3.8) is 0 Å². The summed E-state index contributed by atoms with van der Waals surface area (Å²) in [6, 6.07) is 2.98. The summed E-state index contributed by atoms with van der Waals surface area (Å²) >= 11 is 0. The maximum atomic E-state index is 13.0. The molecular weight excluding hydrogens is 171 g/mol. The van der Waals surface area contributed by atoms with E-state index in [9.17, 15) is 4.39 Å². The van der Waals surface area contributed by atoms with Crippen LogP contribution in [-0.2, 0) is 4.74 Å². The Hall–Kier alpha value is -1.16. The lowest BCUT2D eigenvalue weighted by molar-refractivity contribution is 0.190. The lowest BCUT2D eigenvalue weighted by Gasteiger charge is -2.13. The molecule has 0 aliphatic rings. The van der Waals surface area contributed by atoms with Gasteiger partial charge in [-0.1, -0.05) is 0 Å². The highest BCUT2D eigenvalue weighted by molar-refractivity contribution is 5.36. The van der Waals surface area contributed by atoms with Crippen molar-refractivity contribution >= 4 is 5.82 Å². The molecule has 1 atom stereocenters. The van der Waals surface area contributed by atoms with E-state index in [0.29, 0.717) is 6.61 Å². The Morgan fingerprint density at radius 1 is 1.69 bits per heavy atom. The van der Waals surface area contributed by atoms with E-state index in [2.05, 4.69) is 10.3 Å². The molecule has 1 aromatic heterocycles. The third-order valence-corrected chi connectivity index (χ3v) is 1.56. The van der Waals surface area contributed by atoms with Crippen molar-refractivity contribution in [1.82, 2.24) is 4.98 Å². The van der Waals surface area contributed by atoms with Gasteiger partial charge in [-0.25, -0.2) is 9.37 Å². The zero-order valence-corrected chi connectivity index (χ0v) is 7.75. The molecule has 0 saturated carbocycles. The first-order valence-electron chi connectivity index (χ1n) is 4.10. The number of methoxy groups -OCH3 is 1. The highest BCUT2D eigenvalue weighted by Gasteiger charge is 2.05. The lowest BCUT2D eigenvalue weighted by atomic mass is 10.3. The van der Waals surface area contributed by atoms with Gasteiger partial charge in [0.25, 0.3) is 0 Å². The average Bonchev–Trinajstić information content (AvgIpc) is 2.09. The van der Waals surface area contributed by atoms with Crippen molar-refractivity contribution < 1.29 is 9.13 Å². The van der Waals surface area contributed by atoms with Gasteiger partial charge in [-0.2, -0.15) is 0 Å². The van der Waals surface area contributed by atoms with Crippen LogP contribution in [0.15, 0.2) is 18.3 Å². The van der Waals surface area contributed by atoms with Crippen molar-refractivity contribution in [2.24, 2.45) is 0 Å². The highest BCUT2D eigenvalue weighted by Crippen LogP contribution is 2.09. The molecule has 0 aliphatic carbocycles. The number of nitrogens with zero attached hydrogens (tertiary/aromatic N) is 1. The molecule has 1 rings (SSSR count). The van der Waals surface area contributed by atoms with Crippen molar-refractivity contribution in [2.75, 3.05) is 19.0 Å². The molecule has 13 heavy (non-hydrogen) atoms. The van der Waals surface area contributed by atoms with Crippen LogP contribution >= 0.6 is 0 Å². The van der Waals surface area contributed by atoms with Crippen LogP contribution in [-0.4, -0.2) is 24.7 Å². The van der Waals surface area contributed by atoms with E-state index < -0.39 is 0 Å². The first-order valence-corrected chi connectivity index (χ1v) is 4.10. The summed E-state index contributed by atoms with van der Waals surface area (Å²) in [4.78, 5) is 3.86. The smallest absolute Gasteiger partial charge is 0.165 e. The fourth-order valence-electron chi connectivity index (χ4n) is 1.02. The van der Waals surface area contributed by atoms with Crippen molar-refractivity contribution in [3.05, 3.63) is 24.1 Å². The Labute approximate surface area is 76.9 Å². The van der Waals surface area contributed by atoms with Crippen LogP contribution in [0.3, 0.4) is 0 Å². The van der Waals surface area contributed by atoms with Gasteiger partial charge in [0.15, 0.2) is 11.6 Å². The van der Waals surface area contributed by atoms with Crippen molar-refractivity contribution in [2.45, 2.75) is 13.0 Å². The standard InChI is InChI=1S/C9H13FN2O/c1-7(6-13-2)12-9-8(10)4-3-5-11-9/h3-5,7H,6H2,1-2H3,(H,11,12). The molecular formula is C9H13FN2O.